The molecule has 2 atom stereocenters. The van der Waals surface area contributed by atoms with Crippen molar-refractivity contribution in [2.24, 2.45) is 5.10 Å². The molecule has 4 nitrogen and oxygen atoms in total. The minimum Gasteiger partial charge on any atom is -0.355 e. The lowest BCUT2D eigenvalue weighted by molar-refractivity contribution is -0.0731. The van der Waals surface area contributed by atoms with Crippen molar-refractivity contribution in [2.45, 2.75) is 32.7 Å². The van der Waals surface area contributed by atoms with Crippen LogP contribution >= 0.6 is 0 Å². The molecule has 1 N–H and O–H groups in total. The Hall–Kier alpha value is -1.55. The van der Waals surface area contributed by atoms with Crippen molar-refractivity contribution in [1.82, 2.24) is 9.91 Å². The van der Waals surface area contributed by atoms with E-state index in [0.717, 1.165) is 0 Å². The summed E-state index contributed by atoms with van der Waals surface area (Å²) in [7, 11) is 0. The molecule has 4 heteroatoms. The fourth-order valence-electron chi connectivity index (χ4n) is 1.98. The van der Waals surface area contributed by atoms with Gasteiger partial charge in [-0.25, -0.2) is 5.01 Å². The van der Waals surface area contributed by atoms with Gasteiger partial charge in [-0.15, -0.1) is 0 Å². The zero-order valence-corrected chi connectivity index (χ0v) is 10.5. The molecule has 0 amide bonds. The molecule has 1 heterocycles. The number of rotatable bonds is 2. The van der Waals surface area contributed by atoms with Crippen molar-refractivity contribution >= 4 is 6.34 Å². The molecule has 17 heavy (non-hydrogen) atoms. The fraction of sp³-hybridized carbons (Fsp3) is 0.462. The molecule has 0 aromatic heterocycles. The molecular weight excluding hydrogens is 214 g/mol. The highest BCUT2D eigenvalue weighted by Gasteiger charge is 2.35. The summed E-state index contributed by atoms with van der Waals surface area (Å²) < 4.78 is 0. The third-order valence-corrected chi connectivity index (χ3v) is 3.20. The summed E-state index contributed by atoms with van der Waals surface area (Å²) in [6.45, 7) is 6.77. The van der Waals surface area contributed by atoms with Gasteiger partial charge in [0.25, 0.3) is 0 Å². The lowest BCUT2D eigenvalue weighted by atomic mass is 9.99. The number of nitrogens with zero attached hydrogens (tertiary/aromatic N) is 3. The molecule has 2 aliphatic rings. The topological polar surface area (TPSA) is 39.1 Å². The van der Waals surface area contributed by atoms with E-state index in [1.165, 1.54) is 5.57 Å². The summed E-state index contributed by atoms with van der Waals surface area (Å²) >= 11 is 0. The first-order chi connectivity index (χ1) is 8.07. The van der Waals surface area contributed by atoms with Crippen molar-refractivity contribution in [3.8, 4) is 0 Å². The molecular formula is C13H19N3O. The second-order valence-corrected chi connectivity index (χ2v) is 4.57. The van der Waals surface area contributed by atoms with E-state index in [1.807, 2.05) is 17.9 Å². The average molecular weight is 233 g/mol. The van der Waals surface area contributed by atoms with Gasteiger partial charge in [0, 0.05) is 6.54 Å². The second kappa shape index (κ2) is 4.37. The average Bonchev–Trinajstić information content (AvgIpc) is 2.59. The van der Waals surface area contributed by atoms with Gasteiger partial charge in [-0.05, 0) is 20.8 Å². The van der Waals surface area contributed by atoms with Crippen LogP contribution in [-0.2, 0) is 0 Å². The number of aliphatic hydroxyl groups excluding tert-OH is 1. The monoisotopic (exact) mass is 233 g/mol. The smallest absolute Gasteiger partial charge is 0.224 e. The van der Waals surface area contributed by atoms with Crippen LogP contribution in [0.25, 0.3) is 0 Å². The van der Waals surface area contributed by atoms with Gasteiger partial charge in [0.2, 0.25) is 6.35 Å². The summed E-state index contributed by atoms with van der Waals surface area (Å²) in [5.41, 5.74) is 0.851. The SMILES string of the molecule is CCN1N=CN([C@]2(C)C=CC=C(C)C=C2)C1O. The Labute approximate surface area is 102 Å². The third-order valence-electron chi connectivity index (χ3n) is 3.20. The van der Waals surface area contributed by atoms with Crippen LogP contribution in [0.3, 0.4) is 0 Å². The number of allylic oxidation sites excluding steroid dienone is 4. The van der Waals surface area contributed by atoms with Crippen molar-refractivity contribution in [2.75, 3.05) is 6.54 Å². The molecule has 1 aliphatic heterocycles. The van der Waals surface area contributed by atoms with Crippen molar-refractivity contribution in [3.63, 3.8) is 0 Å². The summed E-state index contributed by atoms with van der Waals surface area (Å²) in [5, 5.41) is 16.0. The minimum atomic E-state index is -0.697. The minimum absolute atomic E-state index is 0.346. The van der Waals surface area contributed by atoms with E-state index in [2.05, 4.69) is 43.3 Å². The predicted molar refractivity (Wildman–Crippen MR) is 69.2 cm³/mol. The van der Waals surface area contributed by atoms with Crippen molar-refractivity contribution in [1.29, 1.82) is 0 Å². The first kappa shape index (κ1) is 11.9. The Morgan fingerprint density at radius 1 is 1.47 bits per heavy atom. The van der Waals surface area contributed by atoms with Crippen molar-refractivity contribution in [3.05, 3.63) is 36.0 Å². The quantitative estimate of drug-likeness (QED) is 0.788. The Balaban J connectivity index is 2.24. The number of hydrogen-bond donors (Lipinski definition) is 1. The fourth-order valence-corrected chi connectivity index (χ4v) is 1.98. The largest absolute Gasteiger partial charge is 0.355 e. The van der Waals surface area contributed by atoms with Gasteiger partial charge in [0.05, 0.1) is 5.54 Å². The maximum atomic E-state index is 10.2. The molecule has 0 saturated heterocycles. The molecule has 0 aromatic rings. The predicted octanol–water partition coefficient (Wildman–Crippen LogP) is 1.67. The first-order valence-corrected chi connectivity index (χ1v) is 5.89. The lowest BCUT2D eigenvalue weighted by Crippen LogP contribution is -2.50. The van der Waals surface area contributed by atoms with Gasteiger partial charge in [-0.2, -0.15) is 5.10 Å². The molecule has 1 unspecified atom stereocenters. The molecule has 0 aromatic carbocycles. The normalized spacial score (nSPS) is 32.0. The lowest BCUT2D eigenvalue weighted by Gasteiger charge is -2.36. The maximum absolute atomic E-state index is 10.2. The first-order valence-electron chi connectivity index (χ1n) is 5.89. The van der Waals surface area contributed by atoms with Gasteiger partial charge in [-0.3, -0.25) is 0 Å². The van der Waals surface area contributed by atoms with Crippen molar-refractivity contribution < 1.29 is 5.11 Å². The Bertz CT molecular complexity index is 411. The van der Waals surface area contributed by atoms with Crippen LogP contribution in [0.15, 0.2) is 41.1 Å². The van der Waals surface area contributed by atoms with Crippen LogP contribution in [0.5, 0.6) is 0 Å². The molecule has 0 spiro atoms. The highest BCUT2D eigenvalue weighted by molar-refractivity contribution is 5.60. The van der Waals surface area contributed by atoms with E-state index >= 15 is 0 Å². The van der Waals surface area contributed by atoms with Gasteiger partial charge in [0.15, 0.2) is 0 Å². The number of aliphatic hydroxyl groups is 1. The Kier molecular flexibility index (Phi) is 3.07. The molecule has 2 rings (SSSR count). The van der Waals surface area contributed by atoms with E-state index < -0.39 is 6.35 Å². The maximum Gasteiger partial charge on any atom is 0.224 e. The zero-order chi connectivity index (χ0) is 12.5. The van der Waals surface area contributed by atoms with Crippen LogP contribution in [0.1, 0.15) is 20.8 Å². The number of hydrazone groups is 1. The molecule has 1 aliphatic carbocycles. The van der Waals surface area contributed by atoms with Crippen LogP contribution in [0.4, 0.5) is 0 Å². The molecule has 0 radical (unpaired) electrons. The summed E-state index contributed by atoms with van der Waals surface area (Å²) in [6.07, 6.45) is 11.3. The molecule has 0 fully saturated rings. The third kappa shape index (κ3) is 2.13. The van der Waals surface area contributed by atoms with Gasteiger partial charge in [0.1, 0.15) is 6.34 Å². The molecule has 0 bridgehead atoms. The van der Waals surface area contributed by atoms with Gasteiger partial charge >= 0.3 is 0 Å². The summed E-state index contributed by atoms with van der Waals surface area (Å²) in [6, 6.07) is 0. The standard InChI is InChI=1S/C13H19N3O/c1-4-16-12(17)15(10-14-16)13(3)8-5-6-11(2)7-9-13/h5-10,12,17H,4H2,1-3H3/t12?,13-/m1/s1. The van der Waals surface area contributed by atoms with E-state index in [9.17, 15) is 5.11 Å². The van der Waals surface area contributed by atoms with Gasteiger partial charge < -0.3 is 10.0 Å². The van der Waals surface area contributed by atoms with Crippen LogP contribution in [0.2, 0.25) is 0 Å². The summed E-state index contributed by atoms with van der Waals surface area (Å²) in [4.78, 5) is 1.84. The van der Waals surface area contributed by atoms with Crippen LogP contribution < -0.4 is 0 Å². The Morgan fingerprint density at radius 2 is 2.24 bits per heavy atom. The molecule has 0 saturated carbocycles. The van der Waals surface area contributed by atoms with E-state index in [1.54, 1.807) is 11.3 Å². The highest BCUT2D eigenvalue weighted by atomic mass is 16.3. The Morgan fingerprint density at radius 3 is 2.88 bits per heavy atom. The van der Waals surface area contributed by atoms with E-state index in [-0.39, 0.29) is 5.54 Å². The highest BCUT2D eigenvalue weighted by Crippen LogP contribution is 2.26. The number of hydrogen-bond acceptors (Lipinski definition) is 4. The van der Waals surface area contributed by atoms with E-state index in [0.29, 0.717) is 6.54 Å². The van der Waals surface area contributed by atoms with Crippen LogP contribution in [0, 0.1) is 0 Å². The second-order valence-electron chi connectivity index (χ2n) is 4.57. The summed E-state index contributed by atoms with van der Waals surface area (Å²) in [5.74, 6) is 0. The van der Waals surface area contributed by atoms with E-state index in [4.69, 9.17) is 0 Å². The zero-order valence-electron chi connectivity index (χ0n) is 10.5. The van der Waals surface area contributed by atoms with Crippen LogP contribution in [-0.4, -0.2) is 39.8 Å². The van der Waals surface area contributed by atoms with Gasteiger partial charge in [-0.1, -0.05) is 36.0 Å². The molecule has 92 valence electrons.